The molecule has 1 heterocycles. The molecule has 1 aromatic heterocycles. The number of H-pyrrole nitrogens is 1. The van der Waals surface area contributed by atoms with Gasteiger partial charge in [0, 0.05) is 11.4 Å². The summed E-state index contributed by atoms with van der Waals surface area (Å²) in [6.07, 6.45) is 38.9. The van der Waals surface area contributed by atoms with Crippen molar-refractivity contribution < 1.29 is 0 Å². The van der Waals surface area contributed by atoms with Crippen LogP contribution in [0.1, 0.15) is 204 Å². The van der Waals surface area contributed by atoms with Gasteiger partial charge >= 0.3 is 0 Å². The summed E-state index contributed by atoms with van der Waals surface area (Å²) in [4.78, 5) is 4.08. The number of hydrogen-bond donors (Lipinski definition) is 1. The lowest BCUT2D eigenvalue weighted by atomic mass is 9.94. The third-order valence-corrected chi connectivity index (χ3v) is 8.52. The first-order valence-corrected chi connectivity index (χ1v) is 17.5. The normalized spacial score (nSPS) is 11.6. The fourth-order valence-electron chi connectivity index (χ4n) is 6.06. The number of nitrogens with one attached hydrogen (secondary N) is 1. The van der Waals surface area contributed by atoms with Crippen molar-refractivity contribution in [2.45, 2.75) is 207 Å². The second-order valence-corrected chi connectivity index (χ2v) is 12.1. The summed E-state index contributed by atoms with van der Waals surface area (Å²) >= 11 is 0. The molecule has 0 radical (unpaired) electrons. The van der Waals surface area contributed by atoms with Crippen LogP contribution in [0, 0.1) is 0 Å². The van der Waals surface area contributed by atoms with E-state index in [2.05, 4.69) is 32.7 Å². The number of aromatic amines is 1. The molecule has 1 heteroatoms. The molecule has 37 heavy (non-hydrogen) atoms. The minimum absolute atomic E-state index is 1.29. The van der Waals surface area contributed by atoms with Crippen molar-refractivity contribution >= 4 is 0 Å². The molecule has 0 saturated heterocycles. The summed E-state index contributed by atoms with van der Waals surface area (Å²) in [7, 11) is 0. The maximum absolute atomic E-state index is 4.08. The lowest BCUT2D eigenvalue weighted by Gasteiger charge is -2.10. The van der Waals surface area contributed by atoms with E-state index in [0.717, 1.165) is 0 Å². The summed E-state index contributed by atoms with van der Waals surface area (Å²) in [6, 6.07) is 0. The van der Waals surface area contributed by atoms with Gasteiger partial charge < -0.3 is 4.98 Å². The third kappa shape index (κ3) is 17.5. The van der Waals surface area contributed by atoms with E-state index in [1.165, 1.54) is 180 Å². The molecule has 0 aliphatic rings. The Morgan fingerprint density at radius 2 is 0.541 bits per heavy atom. The molecule has 1 rings (SSSR count). The first-order valence-electron chi connectivity index (χ1n) is 17.5. The van der Waals surface area contributed by atoms with Crippen LogP contribution in [0.15, 0.2) is 0 Å². The fraction of sp³-hybridized carbons (Fsp3) is 0.889. The van der Waals surface area contributed by atoms with Crippen LogP contribution in [0.4, 0.5) is 0 Å². The average molecular weight is 516 g/mol. The maximum Gasteiger partial charge on any atom is 0.0184 e. The Bertz CT molecular complexity index is 548. The van der Waals surface area contributed by atoms with E-state index in [1.54, 1.807) is 22.5 Å². The topological polar surface area (TPSA) is 15.8 Å². The molecule has 0 spiro atoms. The Morgan fingerprint density at radius 3 is 0.838 bits per heavy atom. The Hall–Kier alpha value is -0.720. The Kier molecular flexibility index (Phi) is 23.7. The molecule has 1 aromatic rings. The van der Waals surface area contributed by atoms with E-state index in [0.29, 0.717) is 0 Å². The van der Waals surface area contributed by atoms with Crippen LogP contribution in [-0.2, 0) is 25.7 Å². The predicted octanol–water partition coefficient (Wildman–Crippen LogP) is 12.6. The van der Waals surface area contributed by atoms with E-state index in [9.17, 15) is 0 Å². The lowest BCUT2D eigenvalue weighted by molar-refractivity contribution is 0.592. The molecule has 0 atom stereocenters. The van der Waals surface area contributed by atoms with E-state index in [1.807, 2.05) is 0 Å². The third-order valence-electron chi connectivity index (χ3n) is 8.52. The van der Waals surface area contributed by atoms with Crippen LogP contribution in [0.3, 0.4) is 0 Å². The maximum atomic E-state index is 4.08. The molecule has 0 bridgehead atoms. The molecular weight excluding hydrogens is 446 g/mol. The van der Waals surface area contributed by atoms with Crippen molar-refractivity contribution in [3.63, 3.8) is 0 Å². The monoisotopic (exact) mass is 516 g/mol. The van der Waals surface area contributed by atoms with Crippen molar-refractivity contribution in [1.82, 2.24) is 4.98 Å². The zero-order valence-corrected chi connectivity index (χ0v) is 26.3. The SMILES string of the molecule is CCCCCCCCc1[nH]c(CCCCCCCC)c(CCCCCCCC)c1CCCCCCCC. The first-order chi connectivity index (χ1) is 18.3. The fourth-order valence-corrected chi connectivity index (χ4v) is 6.06. The number of aryl methyl sites for hydroxylation is 2. The van der Waals surface area contributed by atoms with Crippen molar-refractivity contribution in [1.29, 1.82) is 0 Å². The van der Waals surface area contributed by atoms with Gasteiger partial charge in [-0.05, 0) is 62.5 Å². The van der Waals surface area contributed by atoms with Gasteiger partial charge in [0.1, 0.15) is 0 Å². The molecule has 218 valence electrons. The average Bonchev–Trinajstić information content (AvgIpc) is 3.23. The van der Waals surface area contributed by atoms with E-state index < -0.39 is 0 Å². The molecule has 0 aromatic carbocycles. The van der Waals surface area contributed by atoms with Crippen molar-refractivity contribution in [2.24, 2.45) is 0 Å². The molecule has 1 N–H and O–H groups in total. The van der Waals surface area contributed by atoms with Gasteiger partial charge in [0.05, 0.1) is 0 Å². The second-order valence-electron chi connectivity index (χ2n) is 12.1. The highest BCUT2D eigenvalue weighted by atomic mass is 14.7. The smallest absolute Gasteiger partial charge is 0.0184 e. The van der Waals surface area contributed by atoms with Crippen molar-refractivity contribution in [3.8, 4) is 0 Å². The van der Waals surface area contributed by atoms with Crippen LogP contribution in [0.25, 0.3) is 0 Å². The minimum atomic E-state index is 1.29. The standard InChI is InChI=1S/C36H69N/c1-5-9-13-17-21-25-29-33-34(30-26-22-18-14-10-6-2)36(32-28-24-20-16-12-8-4)37-35(33)31-27-23-19-15-11-7-3/h37H,5-32H2,1-4H3. The molecule has 0 aliphatic carbocycles. The van der Waals surface area contributed by atoms with Crippen LogP contribution in [0.2, 0.25) is 0 Å². The highest BCUT2D eigenvalue weighted by Gasteiger charge is 2.17. The molecule has 1 nitrogen and oxygen atoms in total. The Labute approximate surface area is 234 Å². The summed E-state index contributed by atoms with van der Waals surface area (Å²) in [5.41, 5.74) is 6.84. The summed E-state index contributed by atoms with van der Waals surface area (Å²) in [6.45, 7) is 9.30. The number of rotatable bonds is 28. The number of hydrogen-bond acceptors (Lipinski definition) is 0. The van der Waals surface area contributed by atoms with Gasteiger partial charge in [0.2, 0.25) is 0 Å². The van der Waals surface area contributed by atoms with Crippen LogP contribution >= 0.6 is 0 Å². The van der Waals surface area contributed by atoms with Gasteiger partial charge in [-0.2, -0.15) is 0 Å². The number of aromatic nitrogens is 1. The van der Waals surface area contributed by atoms with Gasteiger partial charge in [0.15, 0.2) is 0 Å². The van der Waals surface area contributed by atoms with Gasteiger partial charge in [0.25, 0.3) is 0 Å². The van der Waals surface area contributed by atoms with E-state index in [-0.39, 0.29) is 0 Å². The highest BCUT2D eigenvalue weighted by molar-refractivity contribution is 5.38. The van der Waals surface area contributed by atoms with Gasteiger partial charge in [-0.1, -0.05) is 156 Å². The number of unbranched alkanes of at least 4 members (excludes halogenated alkanes) is 20. The molecule has 0 unspecified atom stereocenters. The minimum Gasteiger partial charge on any atom is -0.362 e. The van der Waals surface area contributed by atoms with Crippen LogP contribution < -0.4 is 0 Å². The highest BCUT2D eigenvalue weighted by Crippen LogP contribution is 2.28. The van der Waals surface area contributed by atoms with Crippen molar-refractivity contribution in [3.05, 3.63) is 22.5 Å². The molecule has 0 fully saturated rings. The summed E-state index contributed by atoms with van der Waals surface area (Å²) in [5, 5.41) is 0. The van der Waals surface area contributed by atoms with Gasteiger partial charge in [-0.15, -0.1) is 0 Å². The Balaban J connectivity index is 2.83. The van der Waals surface area contributed by atoms with Crippen LogP contribution in [0.5, 0.6) is 0 Å². The molecular formula is C36H69N. The van der Waals surface area contributed by atoms with Crippen molar-refractivity contribution in [2.75, 3.05) is 0 Å². The largest absolute Gasteiger partial charge is 0.362 e. The Morgan fingerprint density at radius 1 is 0.297 bits per heavy atom. The van der Waals surface area contributed by atoms with Gasteiger partial charge in [-0.25, -0.2) is 0 Å². The predicted molar refractivity (Wildman–Crippen MR) is 169 cm³/mol. The van der Waals surface area contributed by atoms with Gasteiger partial charge in [-0.3, -0.25) is 0 Å². The zero-order chi connectivity index (χ0) is 26.8. The van der Waals surface area contributed by atoms with E-state index >= 15 is 0 Å². The lowest BCUT2D eigenvalue weighted by Crippen LogP contribution is -1.99. The first kappa shape index (κ1) is 34.3. The van der Waals surface area contributed by atoms with E-state index in [4.69, 9.17) is 0 Å². The van der Waals surface area contributed by atoms with Crippen LogP contribution in [-0.4, -0.2) is 4.98 Å². The molecule has 0 aliphatic heterocycles. The molecule has 0 amide bonds. The zero-order valence-electron chi connectivity index (χ0n) is 26.3. The summed E-state index contributed by atoms with van der Waals surface area (Å²) < 4.78 is 0. The summed E-state index contributed by atoms with van der Waals surface area (Å²) in [5.74, 6) is 0. The second kappa shape index (κ2) is 25.6. The quantitative estimate of drug-likeness (QED) is 0.107. The molecule has 0 saturated carbocycles.